The molecule has 1 aromatic heterocycles. The molecule has 0 saturated carbocycles. The second-order valence-corrected chi connectivity index (χ2v) is 3.46. The molecule has 0 saturated heterocycles. The van der Waals surface area contributed by atoms with Gasteiger partial charge in [-0.25, -0.2) is 0 Å². The molecule has 0 spiro atoms. The molecule has 0 unspecified atom stereocenters. The van der Waals surface area contributed by atoms with E-state index >= 15 is 0 Å². The maximum absolute atomic E-state index is 11.7. The summed E-state index contributed by atoms with van der Waals surface area (Å²) < 4.78 is 1.65. The summed E-state index contributed by atoms with van der Waals surface area (Å²) in [7, 11) is 1.80. The minimum absolute atomic E-state index is 0.157. The molecule has 0 N–H and O–H groups in total. The third-order valence-corrected chi connectivity index (χ3v) is 2.50. The van der Waals surface area contributed by atoms with Crippen molar-refractivity contribution in [2.24, 2.45) is 7.05 Å². The van der Waals surface area contributed by atoms with Crippen LogP contribution in [0.15, 0.2) is 23.1 Å². The summed E-state index contributed by atoms with van der Waals surface area (Å²) in [4.78, 5) is 11.7. The first-order valence-corrected chi connectivity index (χ1v) is 4.64. The van der Waals surface area contributed by atoms with Crippen LogP contribution >= 0.6 is 0 Å². The molecule has 2 rings (SSSR count). The number of fused-ring (bicyclic) bond motifs is 1. The highest BCUT2D eigenvalue weighted by molar-refractivity contribution is 5.53. The standard InChI is InChI=1S/C11H13NO/c1-12-8-7-9-5-3-2-4-6-10(9)11(12)13/h3,5,7-8H,2,4,6H2,1H3. The molecule has 0 aliphatic heterocycles. The number of allylic oxidation sites excluding steroid dienone is 1. The normalized spacial score (nSPS) is 15.2. The Morgan fingerprint density at radius 3 is 3.15 bits per heavy atom. The fourth-order valence-corrected chi connectivity index (χ4v) is 1.71. The van der Waals surface area contributed by atoms with E-state index in [2.05, 4.69) is 12.2 Å². The van der Waals surface area contributed by atoms with Gasteiger partial charge >= 0.3 is 0 Å². The van der Waals surface area contributed by atoms with Crippen molar-refractivity contribution in [2.45, 2.75) is 19.3 Å². The molecule has 0 atom stereocenters. The van der Waals surface area contributed by atoms with Crippen LogP contribution in [0.25, 0.3) is 6.08 Å². The van der Waals surface area contributed by atoms with E-state index in [4.69, 9.17) is 0 Å². The van der Waals surface area contributed by atoms with E-state index < -0.39 is 0 Å². The Balaban J connectivity index is 2.64. The smallest absolute Gasteiger partial charge is 0.254 e. The van der Waals surface area contributed by atoms with Crippen molar-refractivity contribution in [3.63, 3.8) is 0 Å². The Kier molecular flexibility index (Phi) is 2.05. The van der Waals surface area contributed by atoms with Crippen molar-refractivity contribution in [3.8, 4) is 0 Å². The molecule has 0 bridgehead atoms. The fraction of sp³-hybridized carbons (Fsp3) is 0.364. The number of pyridine rings is 1. The molecule has 0 fully saturated rings. The molecule has 0 aromatic carbocycles. The van der Waals surface area contributed by atoms with Crippen LogP contribution in [-0.4, -0.2) is 4.57 Å². The Labute approximate surface area is 77.5 Å². The molecule has 2 nitrogen and oxygen atoms in total. The Hall–Kier alpha value is -1.31. The van der Waals surface area contributed by atoms with Crippen LogP contribution in [0.4, 0.5) is 0 Å². The van der Waals surface area contributed by atoms with E-state index in [-0.39, 0.29) is 5.56 Å². The van der Waals surface area contributed by atoms with Gasteiger partial charge in [0.1, 0.15) is 0 Å². The van der Waals surface area contributed by atoms with Crippen molar-refractivity contribution in [1.29, 1.82) is 0 Å². The summed E-state index contributed by atoms with van der Waals surface area (Å²) in [5.41, 5.74) is 2.23. The third kappa shape index (κ3) is 1.44. The molecule has 1 heterocycles. The molecule has 0 radical (unpaired) electrons. The number of aromatic nitrogens is 1. The van der Waals surface area contributed by atoms with Gasteiger partial charge in [-0.3, -0.25) is 4.79 Å². The first kappa shape index (κ1) is 8.30. The molecule has 2 heteroatoms. The lowest BCUT2D eigenvalue weighted by Gasteiger charge is -2.04. The maximum Gasteiger partial charge on any atom is 0.254 e. The van der Waals surface area contributed by atoms with Crippen molar-refractivity contribution >= 4 is 6.08 Å². The van der Waals surface area contributed by atoms with Gasteiger partial charge in [-0.05, 0) is 30.9 Å². The number of nitrogens with zero attached hydrogens (tertiary/aromatic N) is 1. The number of rotatable bonds is 0. The first-order chi connectivity index (χ1) is 6.29. The summed E-state index contributed by atoms with van der Waals surface area (Å²) in [6.45, 7) is 0. The first-order valence-electron chi connectivity index (χ1n) is 4.64. The summed E-state index contributed by atoms with van der Waals surface area (Å²) in [5, 5.41) is 0. The van der Waals surface area contributed by atoms with Gasteiger partial charge in [-0.2, -0.15) is 0 Å². The Morgan fingerprint density at radius 2 is 2.31 bits per heavy atom. The fourth-order valence-electron chi connectivity index (χ4n) is 1.71. The van der Waals surface area contributed by atoms with Crippen LogP contribution in [0, 0.1) is 0 Å². The molecule has 1 aliphatic carbocycles. The van der Waals surface area contributed by atoms with E-state index in [0.29, 0.717) is 0 Å². The van der Waals surface area contributed by atoms with Gasteiger partial charge in [0.2, 0.25) is 0 Å². The van der Waals surface area contributed by atoms with E-state index in [1.54, 1.807) is 11.6 Å². The number of hydrogen-bond acceptors (Lipinski definition) is 1. The Bertz CT molecular complexity index is 401. The number of aryl methyl sites for hydroxylation is 1. The molecular weight excluding hydrogens is 162 g/mol. The summed E-state index contributed by atoms with van der Waals surface area (Å²) >= 11 is 0. The predicted octanol–water partition coefficient (Wildman–Crippen LogP) is 1.73. The molecule has 68 valence electrons. The van der Waals surface area contributed by atoms with Gasteiger partial charge in [-0.15, -0.1) is 0 Å². The van der Waals surface area contributed by atoms with Crippen molar-refractivity contribution in [1.82, 2.24) is 4.57 Å². The van der Waals surface area contributed by atoms with Crippen LogP contribution in [0.1, 0.15) is 24.0 Å². The third-order valence-electron chi connectivity index (χ3n) is 2.50. The molecule has 1 aliphatic rings. The summed E-state index contributed by atoms with van der Waals surface area (Å²) in [5.74, 6) is 0. The topological polar surface area (TPSA) is 22.0 Å². The van der Waals surface area contributed by atoms with Crippen molar-refractivity contribution < 1.29 is 0 Å². The predicted molar refractivity (Wildman–Crippen MR) is 53.7 cm³/mol. The van der Waals surface area contributed by atoms with Gasteiger partial charge in [0.15, 0.2) is 0 Å². The largest absolute Gasteiger partial charge is 0.318 e. The Morgan fingerprint density at radius 1 is 1.46 bits per heavy atom. The van der Waals surface area contributed by atoms with Gasteiger partial charge in [0.25, 0.3) is 5.56 Å². The highest BCUT2D eigenvalue weighted by atomic mass is 16.1. The lowest BCUT2D eigenvalue weighted by Crippen LogP contribution is -2.21. The van der Waals surface area contributed by atoms with E-state index in [1.165, 1.54) is 0 Å². The molecule has 0 amide bonds. The van der Waals surface area contributed by atoms with Crippen molar-refractivity contribution in [2.75, 3.05) is 0 Å². The molecular formula is C11H13NO. The van der Waals surface area contributed by atoms with Gasteiger partial charge in [-0.1, -0.05) is 12.2 Å². The van der Waals surface area contributed by atoms with Crippen LogP contribution in [-0.2, 0) is 13.5 Å². The minimum Gasteiger partial charge on any atom is -0.318 e. The van der Waals surface area contributed by atoms with Crippen LogP contribution in [0.5, 0.6) is 0 Å². The average molecular weight is 175 g/mol. The molecule has 13 heavy (non-hydrogen) atoms. The lowest BCUT2D eigenvalue weighted by atomic mass is 10.1. The van der Waals surface area contributed by atoms with E-state index in [0.717, 1.165) is 30.4 Å². The highest BCUT2D eigenvalue weighted by Crippen LogP contribution is 2.14. The van der Waals surface area contributed by atoms with Crippen LogP contribution < -0.4 is 5.56 Å². The quantitative estimate of drug-likeness (QED) is 0.588. The zero-order valence-corrected chi connectivity index (χ0v) is 7.79. The SMILES string of the molecule is Cn1ccc2c(c1=O)CCCC=C2. The zero-order chi connectivity index (χ0) is 9.26. The van der Waals surface area contributed by atoms with Gasteiger partial charge in [0, 0.05) is 18.8 Å². The van der Waals surface area contributed by atoms with Crippen molar-refractivity contribution in [3.05, 3.63) is 39.8 Å². The minimum atomic E-state index is 0.157. The maximum atomic E-state index is 11.7. The number of hydrogen-bond donors (Lipinski definition) is 0. The van der Waals surface area contributed by atoms with Crippen LogP contribution in [0.2, 0.25) is 0 Å². The molecule has 1 aromatic rings. The van der Waals surface area contributed by atoms with Crippen LogP contribution in [0.3, 0.4) is 0 Å². The van der Waals surface area contributed by atoms with Gasteiger partial charge < -0.3 is 4.57 Å². The lowest BCUT2D eigenvalue weighted by molar-refractivity contribution is 0.791. The monoisotopic (exact) mass is 175 g/mol. The zero-order valence-electron chi connectivity index (χ0n) is 7.79. The highest BCUT2D eigenvalue weighted by Gasteiger charge is 2.07. The summed E-state index contributed by atoms with van der Waals surface area (Å²) in [6.07, 6.45) is 9.11. The second-order valence-electron chi connectivity index (χ2n) is 3.46. The second kappa shape index (κ2) is 3.21. The van der Waals surface area contributed by atoms with E-state index in [9.17, 15) is 4.79 Å². The summed E-state index contributed by atoms with van der Waals surface area (Å²) in [6, 6.07) is 2.01. The average Bonchev–Trinajstić information content (AvgIpc) is 2.36. The van der Waals surface area contributed by atoms with E-state index in [1.807, 2.05) is 12.3 Å². The van der Waals surface area contributed by atoms with Gasteiger partial charge in [0.05, 0.1) is 0 Å².